The van der Waals surface area contributed by atoms with Crippen molar-refractivity contribution >= 4 is 51.4 Å². The van der Waals surface area contributed by atoms with Crippen molar-refractivity contribution in [1.29, 1.82) is 0 Å². The lowest BCUT2D eigenvalue weighted by Gasteiger charge is -2.17. The summed E-state index contributed by atoms with van der Waals surface area (Å²) in [6.45, 7) is 6.51. The third-order valence-corrected chi connectivity index (χ3v) is 6.32. The largest absolute Gasteiger partial charge is 0.494 e. The highest BCUT2D eigenvalue weighted by molar-refractivity contribution is 7.11. The lowest BCUT2D eigenvalue weighted by molar-refractivity contribution is 0.102. The van der Waals surface area contributed by atoms with Crippen LogP contribution < -0.4 is 10.1 Å². The van der Waals surface area contributed by atoms with Crippen molar-refractivity contribution < 1.29 is 14.6 Å². The molecule has 0 saturated carbocycles. The molecule has 0 bridgehead atoms. The van der Waals surface area contributed by atoms with Crippen molar-refractivity contribution in [3.63, 3.8) is 0 Å². The summed E-state index contributed by atoms with van der Waals surface area (Å²) >= 11 is 1.48. The summed E-state index contributed by atoms with van der Waals surface area (Å²) in [5, 5.41) is 15.0. The van der Waals surface area contributed by atoms with Gasteiger partial charge in [0.05, 0.1) is 41.0 Å². The van der Waals surface area contributed by atoms with Crippen molar-refractivity contribution in [2.24, 2.45) is 4.99 Å². The molecular formula is C25H30N4O3S. The maximum absolute atomic E-state index is 13.4. The fourth-order valence-electron chi connectivity index (χ4n) is 3.19. The number of carbonyl (C=O) groups excluding carboxylic acids is 1. The SMILES string of the molecule is CC/C(C)=C/c1scc(C(=O)Nc2cc3cccnc3cc2OC)c1/N=C(\C)N(C)CCO. The average molecular weight is 467 g/mol. The minimum Gasteiger partial charge on any atom is -0.494 e. The normalized spacial score (nSPS) is 12.2. The zero-order valence-electron chi connectivity index (χ0n) is 19.7. The van der Waals surface area contributed by atoms with Crippen LogP contribution in [0.15, 0.2) is 46.4 Å². The fourth-order valence-corrected chi connectivity index (χ4v) is 4.19. The standard InChI is InChI=1S/C25H30N4O3S/c1-6-16(2)12-23-24(27-17(3)29(4)10-11-30)19(15-33-23)25(31)28-21-13-18-8-7-9-26-20(18)14-22(21)32-5/h7-9,12-15,30H,6,10-11H2,1-5H3,(H,28,31)/b16-12+,27-17+. The lowest BCUT2D eigenvalue weighted by Crippen LogP contribution is -2.27. The highest BCUT2D eigenvalue weighted by atomic mass is 32.1. The number of likely N-dealkylation sites (N-methyl/N-ethyl adjacent to an activating group) is 1. The number of amidine groups is 1. The molecule has 0 saturated heterocycles. The summed E-state index contributed by atoms with van der Waals surface area (Å²) in [7, 11) is 3.43. The summed E-state index contributed by atoms with van der Waals surface area (Å²) in [6.07, 6.45) is 4.70. The average Bonchev–Trinajstić information content (AvgIpc) is 3.20. The molecule has 0 aliphatic carbocycles. The smallest absolute Gasteiger partial charge is 0.258 e. The minimum atomic E-state index is -0.266. The Morgan fingerprint density at radius 1 is 1.36 bits per heavy atom. The number of anilines is 1. The second-order valence-corrected chi connectivity index (χ2v) is 8.62. The number of nitrogens with zero attached hydrogens (tertiary/aromatic N) is 3. The Hall–Kier alpha value is -3.23. The minimum absolute atomic E-state index is 0.0264. The third-order valence-electron chi connectivity index (χ3n) is 5.41. The first-order valence-electron chi connectivity index (χ1n) is 10.8. The van der Waals surface area contributed by atoms with Crippen LogP contribution in [0.2, 0.25) is 0 Å². The van der Waals surface area contributed by atoms with Gasteiger partial charge in [0.25, 0.3) is 5.91 Å². The van der Waals surface area contributed by atoms with Gasteiger partial charge in [-0.05, 0) is 38.5 Å². The Balaban J connectivity index is 2.02. The Kier molecular flexibility index (Phi) is 8.19. The second-order valence-electron chi connectivity index (χ2n) is 7.71. The van der Waals surface area contributed by atoms with Gasteiger partial charge in [0.15, 0.2) is 0 Å². The highest BCUT2D eigenvalue weighted by Gasteiger charge is 2.19. The summed E-state index contributed by atoms with van der Waals surface area (Å²) in [5.74, 6) is 0.989. The second kappa shape index (κ2) is 11.1. The van der Waals surface area contributed by atoms with Crippen molar-refractivity contribution in [1.82, 2.24) is 9.88 Å². The van der Waals surface area contributed by atoms with Crippen LogP contribution in [0.4, 0.5) is 11.4 Å². The van der Waals surface area contributed by atoms with Crippen LogP contribution in [0.25, 0.3) is 17.0 Å². The van der Waals surface area contributed by atoms with Gasteiger partial charge >= 0.3 is 0 Å². The van der Waals surface area contributed by atoms with Gasteiger partial charge < -0.3 is 20.1 Å². The Labute approximate surface area is 198 Å². The predicted molar refractivity (Wildman–Crippen MR) is 137 cm³/mol. The molecule has 8 heteroatoms. The van der Waals surface area contributed by atoms with Crippen LogP contribution in [0.1, 0.15) is 42.4 Å². The summed E-state index contributed by atoms with van der Waals surface area (Å²) in [4.78, 5) is 25.3. The number of nitrogens with one attached hydrogen (secondary N) is 1. The Bertz CT molecular complexity index is 1200. The number of allylic oxidation sites excluding steroid dienone is 1. The molecule has 2 aromatic heterocycles. The number of aliphatic hydroxyl groups excluding tert-OH is 1. The molecule has 0 fully saturated rings. The van der Waals surface area contributed by atoms with E-state index in [0.29, 0.717) is 29.2 Å². The molecule has 0 spiro atoms. The molecule has 0 atom stereocenters. The van der Waals surface area contributed by atoms with Crippen LogP contribution in [0.5, 0.6) is 5.75 Å². The van der Waals surface area contributed by atoms with E-state index < -0.39 is 0 Å². The number of methoxy groups -OCH3 is 1. The van der Waals surface area contributed by atoms with Crippen LogP contribution in [0.3, 0.4) is 0 Å². The first kappa shape index (κ1) is 24.4. The van der Waals surface area contributed by atoms with E-state index in [4.69, 9.17) is 9.73 Å². The van der Waals surface area contributed by atoms with E-state index in [1.54, 1.807) is 13.3 Å². The first-order chi connectivity index (χ1) is 15.9. The number of amides is 1. The van der Waals surface area contributed by atoms with Gasteiger partial charge in [-0.2, -0.15) is 0 Å². The molecular weight excluding hydrogens is 436 g/mol. The maximum Gasteiger partial charge on any atom is 0.258 e. The number of aliphatic imine (C=N–C) groups is 1. The highest BCUT2D eigenvalue weighted by Crippen LogP contribution is 2.36. The van der Waals surface area contributed by atoms with Crippen LogP contribution in [-0.2, 0) is 0 Å². The molecule has 7 nitrogen and oxygen atoms in total. The molecule has 2 heterocycles. The van der Waals surface area contributed by atoms with E-state index in [2.05, 4.69) is 30.2 Å². The van der Waals surface area contributed by atoms with Crippen LogP contribution in [0, 0.1) is 0 Å². The van der Waals surface area contributed by atoms with E-state index in [0.717, 1.165) is 28.0 Å². The fraction of sp³-hybridized carbons (Fsp3) is 0.320. The van der Waals surface area contributed by atoms with Crippen LogP contribution >= 0.6 is 11.3 Å². The van der Waals surface area contributed by atoms with Gasteiger partial charge in [0, 0.05) is 36.6 Å². The van der Waals surface area contributed by atoms with Gasteiger partial charge in [-0.15, -0.1) is 11.3 Å². The molecule has 33 heavy (non-hydrogen) atoms. The van der Waals surface area contributed by atoms with Gasteiger partial charge in [0.1, 0.15) is 11.6 Å². The summed E-state index contributed by atoms with van der Waals surface area (Å²) < 4.78 is 5.50. The zero-order valence-corrected chi connectivity index (χ0v) is 20.5. The lowest BCUT2D eigenvalue weighted by atomic mass is 10.1. The number of benzene rings is 1. The summed E-state index contributed by atoms with van der Waals surface area (Å²) in [5.41, 5.74) is 3.66. The molecule has 0 aliphatic heterocycles. The number of aromatic nitrogens is 1. The number of hydrogen-bond donors (Lipinski definition) is 2. The van der Waals surface area contributed by atoms with Gasteiger partial charge in [-0.3, -0.25) is 9.78 Å². The maximum atomic E-state index is 13.4. The molecule has 174 valence electrons. The number of pyridine rings is 1. The van der Waals surface area contributed by atoms with E-state index in [1.807, 2.05) is 48.5 Å². The van der Waals surface area contributed by atoms with Crippen molar-refractivity contribution in [3.05, 3.63) is 51.9 Å². The predicted octanol–water partition coefficient (Wildman–Crippen LogP) is 5.34. The number of rotatable bonds is 8. The van der Waals surface area contributed by atoms with E-state index in [9.17, 15) is 9.90 Å². The number of thiophene rings is 1. The number of ether oxygens (including phenoxy) is 1. The van der Waals surface area contributed by atoms with E-state index in [1.165, 1.54) is 16.9 Å². The zero-order chi connectivity index (χ0) is 24.0. The molecule has 1 aromatic carbocycles. The number of aliphatic hydroxyl groups is 1. The van der Waals surface area contributed by atoms with Gasteiger partial charge in [-0.1, -0.05) is 18.6 Å². The molecule has 0 aliphatic rings. The summed E-state index contributed by atoms with van der Waals surface area (Å²) in [6, 6.07) is 7.46. The quantitative estimate of drug-likeness (QED) is 0.345. The molecule has 3 rings (SSSR count). The van der Waals surface area contributed by atoms with Gasteiger partial charge in [0.2, 0.25) is 0 Å². The Morgan fingerprint density at radius 3 is 2.85 bits per heavy atom. The number of hydrogen-bond acceptors (Lipinski definition) is 6. The molecule has 1 amide bonds. The van der Waals surface area contributed by atoms with Crippen molar-refractivity contribution in [2.45, 2.75) is 27.2 Å². The molecule has 2 N–H and O–H groups in total. The molecule has 3 aromatic rings. The van der Waals surface area contributed by atoms with E-state index in [-0.39, 0.29) is 12.5 Å². The van der Waals surface area contributed by atoms with Crippen molar-refractivity contribution in [3.8, 4) is 5.75 Å². The topological polar surface area (TPSA) is 87.0 Å². The number of carbonyl (C=O) groups is 1. The monoisotopic (exact) mass is 466 g/mol. The van der Waals surface area contributed by atoms with Crippen LogP contribution in [-0.4, -0.2) is 54.0 Å². The van der Waals surface area contributed by atoms with Gasteiger partial charge in [-0.25, -0.2) is 4.99 Å². The third kappa shape index (κ3) is 5.77. The Morgan fingerprint density at radius 2 is 2.15 bits per heavy atom. The molecule has 0 radical (unpaired) electrons. The molecule has 0 unspecified atom stereocenters. The number of fused-ring (bicyclic) bond motifs is 1. The first-order valence-corrected chi connectivity index (χ1v) is 11.7. The van der Waals surface area contributed by atoms with E-state index >= 15 is 0 Å². The van der Waals surface area contributed by atoms with Crippen molar-refractivity contribution in [2.75, 3.05) is 32.6 Å².